The maximum Gasteiger partial charge on any atom is 0.230 e. The molecule has 0 bridgehead atoms. The van der Waals surface area contributed by atoms with E-state index in [1.54, 1.807) is 6.92 Å². The third-order valence-electron chi connectivity index (χ3n) is 6.04. The smallest absolute Gasteiger partial charge is 0.230 e. The highest BCUT2D eigenvalue weighted by atomic mass is 32.2. The van der Waals surface area contributed by atoms with E-state index in [0.717, 1.165) is 31.5 Å². The maximum absolute atomic E-state index is 13.1. The van der Waals surface area contributed by atoms with Crippen molar-refractivity contribution in [3.8, 4) is 0 Å². The number of aromatic nitrogens is 2. The number of hydrogen-bond acceptors (Lipinski definition) is 6. The van der Waals surface area contributed by atoms with Crippen LogP contribution in [0.3, 0.4) is 0 Å². The summed E-state index contributed by atoms with van der Waals surface area (Å²) < 4.78 is 33.5. The molecule has 8 heteroatoms. The number of hydrogen-bond donors (Lipinski definition) is 0. The molecule has 1 saturated carbocycles. The molecular formula is C19H24N4O3S. The monoisotopic (exact) mass is 388 g/mol. The summed E-state index contributed by atoms with van der Waals surface area (Å²) in [6.07, 6.45) is 1.61. The summed E-state index contributed by atoms with van der Waals surface area (Å²) in [6.45, 7) is 4.75. The lowest BCUT2D eigenvalue weighted by Gasteiger charge is -2.29. The second-order valence-electron chi connectivity index (χ2n) is 8.00. The van der Waals surface area contributed by atoms with Crippen LogP contribution in [0.5, 0.6) is 0 Å². The van der Waals surface area contributed by atoms with E-state index in [2.05, 4.69) is 27.2 Å². The molecule has 0 N–H and O–H groups in total. The quantitative estimate of drug-likeness (QED) is 0.779. The van der Waals surface area contributed by atoms with E-state index in [1.165, 1.54) is 0 Å². The summed E-state index contributed by atoms with van der Waals surface area (Å²) in [5, 5.41) is 7.84. The van der Waals surface area contributed by atoms with Crippen LogP contribution in [0, 0.1) is 18.8 Å². The van der Waals surface area contributed by atoms with Crippen molar-refractivity contribution in [1.82, 2.24) is 19.4 Å². The Bertz CT molecular complexity index is 925. The normalized spacial score (nSPS) is 29.3. The molecule has 3 fully saturated rings. The first-order valence-corrected chi connectivity index (χ1v) is 11.1. The second-order valence-corrected chi connectivity index (χ2v) is 10.2. The van der Waals surface area contributed by atoms with Gasteiger partial charge in [-0.3, -0.25) is 4.90 Å². The molecule has 27 heavy (non-hydrogen) atoms. The van der Waals surface area contributed by atoms with Gasteiger partial charge in [0.2, 0.25) is 21.8 Å². The Morgan fingerprint density at radius 2 is 1.89 bits per heavy atom. The molecule has 0 unspecified atom stereocenters. The average molecular weight is 388 g/mol. The van der Waals surface area contributed by atoms with Crippen molar-refractivity contribution < 1.29 is 12.8 Å². The summed E-state index contributed by atoms with van der Waals surface area (Å²) in [7, 11) is -3.20. The van der Waals surface area contributed by atoms with Gasteiger partial charge in [-0.05, 0) is 30.2 Å². The molecule has 0 radical (unpaired) electrons. The van der Waals surface area contributed by atoms with E-state index in [0.29, 0.717) is 36.7 Å². The summed E-state index contributed by atoms with van der Waals surface area (Å²) >= 11 is 0. The second kappa shape index (κ2) is 6.39. The molecule has 3 aliphatic rings. The highest BCUT2D eigenvalue weighted by Crippen LogP contribution is 2.48. The lowest BCUT2D eigenvalue weighted by molar-refractivity contribution is 0.239. The molecule has 1 aromatic heterocycles. The van der Waals surface area contributed by atoms with Crippen LogP contribution in [0.4, 0.5) is 0 Å². The first-order valence-electron chi connectivity index (χ1n) is 9.59. The van der Waals surface area contributed by atoms with Crippen molar-refractivity contribution in [1.29, 1.82) is 0 Å². The molecule has 1 aliphatic carbocycles. The summed E-state index contributed by atoms with van der Waals surface area (Å²) in [4.78, 5) is 2.32. The van der Waals surface area contributed by atoms with Crippen LogP contribution in [-0.4, -0.2) is 52.7 Å². The van der Waals surface area contributed by atoms with Crippen molar-refractivity contribution >= 4 is 10.0 Å². The first kappa shape index (κ1) is 17.3. The van der Waals surface area contributed by atoms with E-state index in [9.17, 15) is 8.42 Å². The zero-order chi connectivity index (χ0) is 18.6. The Hall–Kier alpha value is -1.77. The number of fused-ring (bicyclic) bond motifs is 1. The Labute approximate surface area is 159 Å². The fourth-order valence-corrected chi connectivity index (χ4v) is 6.81. The highest BCUT2D eigenvalue weighted by Gasteiger charge is 2.54. The van der Waals surface area contributed by atoms with E-state index in [-0.39, 0.29) is 11.3 Å². The Morgan fingerprint density at radius 3 is 2.56 bits per heavy atom. The van der Waals surface area contributed by atoms with Crippen molar-refractivity contribution in [3.05, 3.63) is 47.7 Å². The van der Waals surface area contributed by atoms with Gasteiger partial charge in [-0.2, -0.15) is 4.31 Å². The number of aryl methyl sites for hydroxylation is 1. The summed E-state index contributed by atoms with van der Waals surface area (Å²) in [6, 6.07) is 10.0. The van der Waals surface area contributed by atoms with Crippen LogP contribution in [-0.2, 0) is 16.6 Å². The van der Waals surface area contributed by atoms with Crippen LogP contribution in [0.25, 0.3) is 0 Å². The fourth-order valence-electron chi connectivity index (χ4n) is 4.70. The number of likely N-dealkylation sites (tertiary alicyclic amines) is 1. The predicted molar refractivity (Wildman–Crippen MR) is 99.1 cm³/mol. The van der Waals surface area contributed by atoms with Gasteiger partial charge in [-0.25, -0.2) is 8.42 Å². The highest BCUT2D eigenvalue weighted by molar-refractivity contribution is 7.90. The standard InChI is InChI=1S/C19H24N4O3S/c1-13-20-21-18(26-13)12-22-9-15-10-23(27(24,25)16-7-8-16)19(17(15)11-22)14-5-3-2-4-6-14/h2-6,15-17,19H,7-12H2,1H3/t15-,17-,19+/m0/s1. The Morgan fingerprint density at radius 1 is 1.11 bits per heavy atom. The SMILES string of the molecule is Cc1nnc(CN2C[C@H]3CN(S(=O)(=O)C4CC4)[C@H](c4ccccc4)[C@H]3C2)o1. The third-order valence-corrected chi connectivity index (χ3v) is 8.38. The molecule has 5 rings (SSSR count). The number of benzene rings is 1. The van der Waals surface area contributed by atoms with Gasteiger partial charge in [-0.15, -0.1) is 10.2 Å². The predicted octanol–water partition coefficient (Wildman–Crippen LogP) is 1.98. The number of nitrogens with zero attached hydrogens (tertiary/aromatic N) is 4. The van der Waals surface area contributed by atoms with E-state index in [1.807, 2.05) is 22.5 Å². The molecule has 3 heterocycles. The molecule has 2 aliphatic heterocycles. The number of sulfonamides is 1. The number of rotatable bonds is 5. The lowest BCUT2D eigenvalue weighted by atomic mass is 9.90. The summed E-state index contributed by atoms with van der Waals surface area (Å²) in [5.41, 5.74) is 1.10. The van der Waals surface area contributed by atoms with Crippen LogP contribution in [0.2, 0.25) is 0 Å². The minimum Gasteiger partial charge on any atom is -0.424 e. The molecule has 0 spiro atoms. The van der Waals surface area contributed by atoms with Gasteiger partial charge >= 0.3 is 0 Å². The first-order chi connectivity index (χ1) is 13.0. The molecule has 2 saturated heterocycles. The zero-order valence-corrected chi connectivity index (χ0v) is 16.2. The minimum absolute atomic E-state index is 0.0729. The molecule has 144 valence electrons. The molecular weight excluding hydrogens is 364 g/mol. The molecule has 2 aromatic rings. The van der Waals surface area contributed by atoms with E-state index < -0.39 is 10.0 Å². The molecule has 3 atom stereocenters. The van der Waals surface area contributed by atoms with Crippen molar-refractivity contribution in [3.63, 3.8) is 0 Å². The molecule has 1 aromatic carbocycles. The largest absolute Gasteiger partial charge is 0.424 e. The topological polar surface area (TPSA) is 79.5 Å². The van der Waals surface area contributed by atoms with Crippen molar-refractivity contribution in [2.75, 3.05) is 19.6 Å². The molecule has 0 amide bonds. The van der Waals surface area contributed by atoms with Gasteiger partial charge in [0.05, 0.1) is 17.8 Å². The van der Waals surface area contributed by atoms with Crippen LogP contribution >= 0.6 is 0 Å². The van der Waals surface area contributed by atoms with Crippen molar-refractivity contribution in [2.45, 2.75) is 37.6 Å². The zero-order valence-electron chi connectivity index (χ0n) is 15.4. The van der Waals surface area contributed by atoms with E-state index in [4.69, 9.17) is 4.42 Å². The fraction of sp³-hybridized carbons (Fsp3) is 0.579. The van der Waals surface area contributed by atoms with Gasteiger partial charge in [0.25, 0.3) is 0 Å². The van der Waals surface area contributed by atoms with Gasteiger partial charge < -0.3 is 4.42 Å². The van der Waals surface area contributed by atoms with Crippen molar-refractivity contribution in [2.24, 2.45) is 11.8 Å². The van der Waals surface area contributed by atoms with Gasteiger partial charge in [-0.1, -0.05) is 30.3 Å². The van der Waals surface area contributed by atoms with Crippen LogP contribution in [0.15, 0.2) is 34.7 Å². The van der Waals surface area contributed by atoms with Gasteiger partial charge in [0.1, 0.15) is 0 Å². The Kier molecular flexibility index (Phi) is 4.10. The molecule has 7 nitrogen and oxygen atoms in total. The third kappa shape index (κ3) is 3.09. The summed E-state index contributed by atoms with van der Waals surface area (Å²) in [5.74, 6) is 1.84. The van der Waals surface area contributed by atoms with Gasteiger partial charge in [0.15, 0.2) is 0 Å². The maximum atomic E-state index is 13.1. The van der Waals surface area contributed by atoms with E-state index >= 15 is 0 Å². The minimum atomic E-state index is -3.20. The Balaban J connectivity index is 1.41. The van der Waals surface area contributed by atoms with Crippen LogP contribution in [0.1, 0.15) is 36.2 Å². The lowest BCUT2D eigenvalue weighted by Crippen LogP contribution is -2.37. The average Bonchev–Trinajstić information content (AvgIpc) is 3.21. The van der Waals surface area contributed by atoms with Gasteiger partial charge in [0, 0.05) is 26.6 Å². The van der Waals surface area contributed by atoms with Crippen LogP contribution < -0.4 is 0 Å².